The minimum absolute atomic E-state index is 0.200. The predicted octanol–water partition coefficient (Wildman–Crippen LogP) is 5.82. The second kappa shape index (κ2) is 5.08. The molecule has 1 aliphatic heterocycles. The Labute approximate surface area is 134 Å². The van der Waals surface area contributed by atoms with Crippen LogP contribution >= 0.6 is 23.2 Å². The number of halogens is 2. The van der Waals surface area contributed by atoms with Gasteiger partial charge in [0, 0.05) is 11.6 Å². The molecular weight excluding hydrogens is 301 g/mol. The molecule has 1 aliphatic carbocycles. The van der Waals surface area contributed by atoms with Crippen molar-refractivity contribution in [3.8, 4) is 0 Å². The van der Waals surface area contributed by atoms with Crippen LogP contribution in [0.15, 0.2) is 54.6 Å². The fourth-order valence-corrected chi connectivity index (χ4v) is 4.04. The lowest BCUT2D eigenvalue weighted by Gasteiger charge is -2.37. The van der Waals surface area contributed by atoms with Crippen molar-refractivity contribution in [3.63, 3.8) is 0 Å². The molecule has 3 atom stereocenters. The maximum atomic E-state index is 6.45. The van der Waals surface area contributed by atoms with Crippen LogP contribution in [0.25, 0.3) is 0 Å². The van der Waals surface area contributed by atoms with E-state index in [9.17, 15) is 0 Å². The van der Waals surface area contributed by atoms with E-state index in [0.717, 1.165) is 12.0 Å². The Bertz CT molecular complexity index is 723. The normalized spacial score (nSPS) is 26.1. The van der Waals surface area contributed by atoms with Gasteiger partial charge in [0.05, 0.1) is 16.1 Å². The van der Waals surface area contributed by atoms with Gasteiger partial charge >= 0.3 is 0 Å². The lowest BCUT2D eigenvalue weighted by molar-refractivity contribution is 0.426. The Morgan fingerprint density at radius 1 is 0.952 bits per heavy atom. The molecule has 1 N–H and O–H groups in total. The van der Waals surface area contributed by atoms with Crippen LogP contribution in [-0.4, -0.2) is 0 Å². The number of hydrogen-bond donors (Lipinski definition) is 1. The number of para-hydroxylation sites is 1. The molecule has 0 saturated carbocycles. The molecule has 0 spiro atoms. The van der Waals surface area contributed by atoms with Crippen molar-refractivity contribution in [1.29, 1.82) is 0 Å². The average molecular weight is 316 g/mol. The molecule has 0 amide bonds. The molecule has 4 rings (SSSR count). The highest BCUT2D eigenvalue weighted by Gasteiger charge is 2.38. The first-order valence-electron chi connectivity index (χ1n) is 7.22. The molecule has 1 nitrogen and oxygen atoms in total. The van der Waals surface area contributed by atoms with Crippen LogP contribution in [0.4, 0.5) is 5.69 Å². The van der Waals surface area contributed by atoms with Gasteiger partial charge in [-0.2, -0.15) is 0 Å². The Balaban J connectivity index is 1.83. The summed E-state index contributed by atoms with van der Waals surface area (Å²) >= 11 is 12.7. The molecule has 0 aromatic heterocycles. The summed E-state index contributed by atoms with van der Waals surface area (Å²) in [5.41, 5.74) is 3.68. The number of benzene rings is 2. The zero-order valence-electron chi connectivity index (χ0n) is 11.4. The lowest BCUT2D eigenvalue weighted by Crippen LogP contribution is -2.29. The average Bonchev–Trinajstić information content (AvgIpc) is 2.99. The highest BCUT2D eigenvalue weighted by atomic mass is 35.5. The first-order chi connectivity index (χ1) is 10.3. The van der Waals surface area contributed by atoms with E-state index in [4.69, 9.17) is 23.2 Å². The molecule has 21 heavy (non-hydrogen) atoms. The summed E-state index contributed by atoms with van der Waals surface area (Å²) < 4.78 is 0. The molecule has 2 aliphatic rings. The Morgan fingerprint density at radius 3 is 2.67 bits per heavy atom. The summed E-state index contributed by atoms with van der Waals surface area (Å²) in [4.78, 5) is 0. The minimum Gasteiger partial charge on any atom is -0.378 e. The zero-order valence-corrected chi connectivity index (χ0v) is 12.9. The van der Waals surface area contributed by atoms with E-state index in [1.807, 2.05) is 12.1 Å². The number of rotatable bonds is 1. The Morgan fingerprint density at radius 2 is 1.76 bits per heavy atom. The van der Waals surface area contributed by atoms with Gasteiger partial charge in [0.15, 0.2) is 0 Å². The molecule has 106 valence electrons. The van der Waals surface area contributed by atoms with Crippen molar-refractivity contribution < 1.29 is 0 Å². The van der Waals surface area contributed by atoms with Crippen molar-refractivity contribution in [3.05, 3.63) is 75.8 Å². The van der Waals surface area contributed by atoms with Crippen molar-refractivity contribution in [1.82, 2.24) is 0 Å². The quantitative estimate of drug-likeness (QED) is 0.654. The third-order valence-electron chi connectivity index (χ3n) is 4.59. The van der Waals surface area contributed by atoms with Gasteiger partial charge < -0.3 is 5.32 Å². The van der Waals surface area contributed by atoms with Crippen LogP contribution in [0.5, 0.6) is 0 Å². The fraction of sp³-hybridized carbons (Fsp3) is 0.222. The van der Waals surface area contributed by atoms with Gasteiger partial charge in [0.2, 0.25) is 0 Å². The molecule has 0 unspecified atom stereocenters. The van der Waals surface area contributed by atoms with Crippen LogP contribution < -0.4 is 5.32 Å². The third kappa shape index (κ3) is 2.07. The van der Waals surface area contributed by atoms with E-state index in [0.29, 0.717) is 21.9 Å². The summed E-state index contributed by atoms with van der Waals surface area (Å²) in [6, 6.07) is 14.6. The van der Waals surface area contributed by atoms with E-state index in [2.05, 4.69) is 47.8 Å². The van der Waals surface area contributed by atoms with Crippen LogP contribution in [0, 0.1) is 5.92 Å². The summed E-state index contributed by atoms with van der Waals surface area (Å²) in [6.45, 7) is 0. The summed E-state index contributed by atoms with van der Waals surface area (Å²) in [5.74, 6) is 0.957. The molecular formula is C18H15Cl2N. The van der Waals surface area contributed by atoms with Crippen LogP contribution in [0.2, 0.25) is 10.0 Å². The standard InChI is InChI=1S/C18H15Cl2N/c19-15-9-4-8-14(17(15)20)18-13-7-3-6-11(13)12-5-1-2-10-16(12)21-18/h1-6,8-11,13,18,21H,7H2/t11-,13-,18+/m1/s1. The first-order valence-corrected chi connectivity index (χ1v) is 7.97. The van der Waals surface area contributed by atoms with Crippen LogP contribution in [0.1, 0.15) is 29.5 Å². The largest absolute Gasteiger partial charge is 0.378 e. The number of hydrogen-bond acceptors (Lipinski definition) is 1. The fourth-order valence-electron chi connectivity index (χ4n) is 3.61. The number of anilines is 1. The molecule has 0 radical (unpaired) electrons. The maximum Gasteiger partial charge on any atom is 0.0645 e. The van der Waals surface area contributed by atoms with E-state index in [-0.39, 0.29) is 6.04 Å². The SMILES string of the molecule is Clc1cccc([C@H]2Nc3ccccc3[C@H]3C=CC[C@H]32)c1Cl. The monoisotopic (exact) mass is 315 g/mol. The van der Waals surface area contributed by atoms with Crippen LogP contribution in [0.3, 0.4) is 0 Å². The number of nitrogens with one attached hydrogen (secondary N) is 1. The molecule has 0 saturated heterocycles. The molecule has 1 heterocycles. The van der Waals surface area contributed by atoms with Crippen molar-refractivity contribution in [2.75, 3.05) is 5.32 Å². The predicted molar refractivity (Wildman–Crippen MR) is 89.3 cm³/mol. The van der Waals surface area contributed by atoms with Crippen molar-refractivity contribution in [2.24, 2.45) is 5.92 Å². The summed E-state index contributed by atoms with van der Waals surface area (Å²) in [6.07, 6.45) is 5.68. The van der Waals surface area contributed by atoms with Gasteiger partial charge in [0.25, 0.3) is 0 Å². The van der Waals surface area contributed by atoms with Gasteiger partial charge in [-0.3, -0.25) is 0 Å². The second-order valence-corrected chi connectivity index (χ2v) is 6.49. The number of fused-ring (bicyclic) bond motifs is 3. The second-order valence-electron chi connectivity index (χ2n) is 5.71. The number of allylic oxidation sites excluding steroid dienone is 2. The van der Waals surface area contributed by atoms with E-state index >= 15 is 0 Å². The van der Waals surface area contributed by atoms with E-state index in [1.165, 1.54) is 11.3 Å². The topological polar surface area (TPSA) is 12.0 Å². The smallest absolute Gasteiger partial charge is 0.0645 e. The van der Waals surface area contributed by atoms with Gasteiger partial charge in [0.1, 0.15) is 0 Å². The summed E-state index contributed by atoms with van der Waals surface area (Å²) in [5, 5.41) is 4.96. The van der Waals surface area contributed by atoms with Gasteiger partial charge in [-0.15, -0.1) is 0 Å². The molecule has 3 heteroatoms. The van der Waals surface area contributed by atoms with Crippen molar-refractivity contribution >= 4 is 28.9 Å². The molecule has 0 fully saturated rings. The van der Waals surface area contributed by atoms with Gasteiger partial charge in [-0.1, -0.05) is 65.7 Å². The molecule has 2 aromatic rings. The van der Waals surface area contributed by atoms with Gasteiger partial charge in [-0.05, 0) is 35.6 Å². The van der Waals surface area contributed by atoms with Crippen molar-refractivity contribution in [2.45, 2.75) is 18.4 Å². The van der Waals surface area contributed by atoms with Gasteiger partial charge in [-0.25, -0.2) is 0 Å². The molecule has 0 bridgehead atoms. The van der Waals surface area contributed by atoms with E-state index < -0.39 is 0 Å². The van der Waals surface area contributed by atoms with Crippen LogP contribution in [-0.2, 0) is 0 Å². The van der Waals surface area contributed by atoms with E-state index in [1.54, 1.807) is 0 Å². The lowest BCUT2D eigenvalue weighted by atomic mass is 9.77. The maximum absolute atomic E-state index is 6.45. The first kappa shape index (κ1) is 13.2. The highest BCUT2D eigenvalue weighted by Crippen LogP contribution is 2.51. The Kier molecular flexibility index (Phi) is 3.20. The highest BCUT2D eigenvalue weighted by molar-refractivity contribution is 6.42. The molecule has 2 aromatic carbocycles. The minimum atomic E-state index is 0.200. The third-order valence-corrected chi connectivity index (χ3v) is 5.42. The Hall–Kier alpha value is -1.44. The summed E-state index contributed by atoms with van der Waals surface area (Å²) in [7, 11) is 0. The zero-order chi connectivity index (χ0) is 14.4.